The van der Waals surface area contributed by atoms with E-state index in [1.807, 2.05) is 13.0 Å². The highest BCUT2D eigenvalue weighted by atomic mass is 19.1. The van der Waals surface area contributed by atoms with Gasteiger partial charge in [0.05, 0.1) is 5.69 Å². The number of carbonyl (C=O) groups excluding carboxylic acids is 3. The minimum absolute atomic E-state index is 0.230. The molecular weight excluding hydrogens is 375 g/mol. The standard InChI is InChI=1S/C22H15FN2O4/c1-13-3-2-4-16(11-13)25-21(27)18(20(26)24-22(25)28)12-17-9-10-19(29-17)14-5-7-15(23)8-6-14/h2-12H,1H3,(H,24,26,28). The molecule has 2 heterocycles. The Morgan fingerprint density at radius 2 is 1.76 bits per heavy atom. The summed E-state index contributed by atoms with van der Waals surface area (Å²) in [5, 5.41) is 2.17. The van der Waals surface area contributed by atoms with Gasteiger partial charge in [0.15, 0.2) is 0 Å². The normalized spacial score (nSPS) is 15.7. The second kappa shape index (κ2) is 7.20. The molecule has 0 aliphatic carbocycles. The number of barbiturate groups is 1. The molecule has 144 valence electrons. The Balaban J connectivity index is 1.67. The van der Waals surface area contributed by atoms with Crippen LogP contribution < -0.4 is 10.2 Å². The van der Waals surface area contributed by atoms with Crippen molar-refractivity contribution in [2.24, 2.45) is 0 Å². The van der Waals surface area contributed by atoms with E-state index in [1.54, 1.807) is 42.5 Å². The molecule has 1 aromatic heterocycles. The third kappa shape index (κ3) is 3.58. The average Bonchev–Trinajstić information content (AvgIpc) is 3.14. The lowest BCUT2D eigenvalue weighted by Crippen LogP contribution is -2.54. The molecule has 6 nitrogen and oxygen atoms in total. The number of hydrogen-bond acceptors (Lipinski definition) is 4. The number of anilines is 1. The summed E-state index contributed by atoms with van der Waals surface area (Å²) in [6.07, 6.45) is 1.28. The lowest BCUT2D eigenvalue weighted by molar-refractivity contribution is -0.122. The van der Waals surface area contributed by atoms with Crippen LogP contribution in [0.4, 0.5) is 14.9 Å². The van der Waals surface area contributed by atoms with Crippen LogP contribution >= 0.6 is 0 Å². The fourth-order valence-electron chi connectivity index (χ4n) is 3.00. The van der Waals surface area contributed by atoms with Gasteiger partial charge in [-0.3, -0.25) is 14.9 Å². The first-order valence-corrected chi connectivity index (χ1v) is 8.76. The summed E-state index contributed by atoms with van der Waals surface area (Å²) in [7, 11) is 0. The quantitative estimate of drug-likeness (QED) is 0.540. The second-order valence-corrected chi connectivity index (χ2v) is 6.51. The first-order valence-electron chi connectivity index (χ1n) is 8.76. The molecule has 1 fully saturated rings. The molecule has 3 aromatic rings. The molecule has 1 saturated heterocycles. The lowest BCUT2D eigenvalue weighted by atomic mass is 10.1. The van der Waals surface area contributed by atoms with Crippen molar-refractivity contribution in [2.75, 3.05) is 4.90 Å². The van der Waals surface area contributed by atoms with E-state index in [9.17, 15) is 18.8 Å². The van der Waals surface area contributed by atoms with Crippen molar-refractivity contribution in [2.45, 2.75) is 6.92 Å². The number of furan rings is 1. The molecule has 0 spiro atoms. The van der Waals surface area contributed by atoms with E-state index in [2.05, 4.69) is 5.32 Å². The lowest BCUT2D eigenvalue weighted by Gasteiger charge is -2.26. The van der Waals surface area contributed by atoms with Crippen LogP contribution in [0.2, 0.25) is 0 Å². The van der Waals surface area contributed by atoms with Crippen LogP contribution in [0.3, 0.4) is 0 Å². The number of rotatable bonds is 3. The van der Waals surface area contributed by atoms with Gasteiger partial charge in [-0.25, -0.2) is 14.1 Å². The Hall–Kier alpha value is -4.00. The largest absolute Gasteiger partial charge is 0.457 e. The van der Waals surface area contributed by atoms with Crippen molar-refractivity contribution in [1.82, 2.24) is 5.32 Å². The van der Waals surface area contributed by atoms with E-state index in [0.29, 0.717) is 17.0 Å². The van der Waals surface area contributed by atoms with Gasteiger partial charge in [-0.05, 0) is 67.1 Å². The van der Waals surface area contributed by atoms with E-state index in [4.69, 9.17) is 4.42 Å². The number of hydrogen-bond donors (Lipinski definition) is 1. The molecule has 1 N–H and O–H groups in total. The Morgan fingerprint density at radius 3 is 2.48 bits per heavy atom. The summed E-state index contributed by atoms with van der Waals surface area (Å²) in [6.45, 7) is 1.83. The molecule has 4 rings (SSSR count). The average molecular weight is 390 g/mol. The van der Waals surface area contributed by atoms with Crippen molar-refractivity contribution in [1.29, 1.82) is 0 Å². The van der Waals surface area contributed by atoms with E-state index in [-0.39, 0.29) is 17.2 Å². The molecule has 7 heteroatoms. The number of benzene rings is 2. The summed E-state index contributed by atoms with van der Waals surface area (Å²) in [4.78, 5) is 38.3. The van der Waals surface area contributed by atoms with Gasteiger partial charge in [0.2, 0.25) is 0 Å². The van der Waals surface area contributed by atoms with Crippen LogP contribution in [0.15, 0.2) is 70.7 Å². The molecule has 2 aromatic carbocycles. The number of amides is 4. The predicted octanol–water partition coefficient (Wildman–Crippen LogP) is 4.06. The highest BCUT2D eigenvalue weighted by Crippen LogP contribution is 2.26. The summed E-state index contributed by atoms with van der Waals surface area (Å²) < 4.78 is 18.7. The minimum Gasteiger partial charge on any atom is -0.457 e. The van der Waals surface area contributed by atoms with Gasteiger partial charge in [-0.2, -0.15) is 0 Å². The van der Waals surface area contributed by atoms with Crippen LogP contribution in [0.5, 0.6) is 0 Å². The molecule has 0 unspecified atom stereocenters. The fourth-order valence-corrected chi connectivity index (χ4v) is 3.00. The van der Waals surface area contributed by atoms with Gasteiger partial charge >= 0.3 is 6.03 Å². The highest BCUT2D eigenvalue weighted by molar-refractivity contribution is 6.39. The number of imide groups is 2. The molecule has 1 aliphatic rings. The Bertz CT molecular complexity index is 1160. The molecule has 1 aliphatic heterocycles. The van der Waals surface area contributed by atoms with Gasteiger partial charge in [-0.1, -0.05) is 12.1 Å². The molecule has 0 saturated carbocycles. The van der Waals surface area contributed by atoms with Gasteiger partial charge in [0.25, 0.3) is 11.8 Å². The van der Waals surface area contributed by atoms with Gasteiger partial charge in [0.1, 0.15) is 22.9 Å². The highest BCUT2D eigenvalue weighted by Gasteiger charge is 2.37. The molecular formula is C22H15FN2O4. The van der Waals surface area contributed by atoms with Gasteiger partial charge < -0.3 is 4.42 Å². The maximum Gasteiger partial charge on any atom is 0.335 e. The SMILES string of the molecule is Cc1cccc(N2C(=O)NC(=O)C(=Cc3ccc(-c4ccc(F)cc4)o3)C2=O)c1. The number of urea groups is 1. The van der Waals surface area contributed by atoms with E-state index in [1.165, 1.54) is 18.2 Å². The van der Waals surface area contributed by atoms with Crippen molar-refractivity contribution in [3.05, 3.63) is 83.4 Å². The molecule has 0 atom stereocenters. The summed E-state index contributed by atoms with van der Waals surface area (Å²) >= 11 is 0. The predicted molar refractivity (Wildman–Crippen MR) is 104 cm³/mol. The summed E-state index contributed by atoms with van der Waals surface area (Å²) in [6, 6.07) is 15.0. The minimum atomic E-state index is -0.811. The molecule has 29 heavy (non-hydrogen) atoms. The second-order valence-electron chi connectivity index (χ2n) is 6.51. The van der Waals surface area contributed by atoms with Crippen molar-refractivity contribution < 1.29 is 23.2 Å². The first kappa shape index (κ1) is 18.4. The Kier molecular flexibility index (Phi) is 4.56. The van der Waals surface area contributed by atoms with E-state index < -0.39 is 17.8 Å². The summed E-state index contributed by atoms with van der Waals surface area (Å²) in [5.74, 6) is -1.21. The monoisotopic (exact) mass is 390 g/mol. The Morgan fingerprint density at radius 1 is 1.00 bits per heavy atom. The number of nitrogens with zero attached hydrogens (tertiary/aromatic N) is 1. The molecule has 4 amide bonds. The first-order chi connectivity index (χ1) is 13.9. The number of halogens is 1. The third-order valence-electron chi connectivity index (χ3n) is 4.40. The maximum atomic E-state index is 13.1. The zero-order valence-corrected chi connectivity index (χ0v) is 15.3. The zero-order chi connectivity index (χ0) is 20.5. The van der Waals surface area contributed by atoms with Crippen molar-refractivity contribution in [3.63, 3.8) is 0 Å². The number of aryl methyl sites for hydroxylation is 1. The van der Waals surface area contributed by atoms with Crippen LogP contribution in [-0.2, 0) is 9.59 Å². The smallest absolute Gasteiger partial charge is 0.335 e. The van der Waals surface area contributed by atoms with Crippen LogP contribution in [0.1, 0.15) is 11.3 Å². The number of carbonyl (C=O) groups is 3. The summed E-state index contributed by atoms with van der Waals surface area (Å²) in [5.41, 5.74) is 1.64. The Labute approximate surface area is 165 Å². The zero-order valence-electron chi connectivity index (χ0n) is 15.3. The van der Waals surface area contributed by atoms with E-state index >= 15 is 0 Å². The van der Waals surface area contributed by atoms with Crippen LogP contribution in [-0.4, -0.2) is 17.8 Å². The van der Waals surface area contributed by atoms with Crippen LogP contribution in [0, 0.1) is 12.7 Å². The molecule has 0 bridgehead atoms. The van der Waals surface area contributed by atoms with Crippen molar-refractivity contribution >= 4 is 29.6 Å². The van der Waals surface area contributed by atoms with Crippen LogP contribution in [0.25, 0.3) is 17.4 Å². The molecule has 0 radical (unpaired) electrons. The topological polar surface area (TPSA) is 79.6 Å². The van der Waals surface area contributed by atoms with E-state index in [0.717, 1.165) is 10.5 Å². The number of nitrogens with one attached hydrogen (secondary N) is 1. The third-order valence-corrected chi connectivity index (χ3v) is 4.40. The van der Waals surface area contributed by atoms with Crippen molar-refractivity contribution in [3.8, 4) is 11.3 Å². The fraction of sp³-hybridized carbons (Fsp3) is 0.0455. The van der Waals surface area contributed by atoms with Gasteiger partial charge in [0, 0.05) is 5.56 Å². The van der Waals surface area contributed by atoms with Gasteiger partial charge in [-0.15, -0.1) is 0 Å². The maximum absolute atomic E-state index is 13.1.